The molecule has 0 aliphatic carbocycles. The summed E-state index contributed by atoms with van der Waals surface area (Å²) >= 11 is 0. The first-order valence-corrected chi connectivity index (χ1v) is 18.2. The lowest BCUT2D eigenvalue weighted by molar-refractivity contribution is -0.129. The molecular weight excluding hydrogens is 628 g/mol. The van der Waals surface area contributed by atoms with Crippen LogP contribution in [0.3, 0.4) is 0 Å². The first-order valence-electron chi connectivity index (χ1n) is 18.2. The summed E-state index contributed by atoms with van der Waals surface area (Å²) in [5.41, 5.74) is 9.46. The summed E-state index contributed by atoms with van der Waals surface area (Å²) in [7, 11) is 2.18. The molecule has 0 radical (unpaired) electrons. The Morgan fingerprint density at radius 2 is 1.70 bits per heavy atom. The number of likely N-dealkylation sites (N-methyl/N-ethyl adjacent to an activating group) is 1. The summed E-state index contributed by atoms with van der Waals surface area (Å²) in [5.74, 6) is -0.638. The van der Waals surface area contributed by atoms with Crippen LogP contribution in [-0.4, -0.2) is 88.9 Å². The van der Waals surface area contributed by atoms with E-state index < -0.39 is 0 Å². The second-order valence-electron chi connectivity index (χ2n) is 13.7. The van der Waals surface area contributed by atoms with Crippen molar-refractivity contribution in [3.05, 3.63) is 76.6 Å². The van der Waals surface area contributed by atoms with Gasteiger partial charge < -0.3 is 25.6 Å². The third kappa shape index (κ3) is 8.69. The number of fused-ring (bicyclic) bond motifs is 1. The molecule has 2 aromatic heterocycles. The molecule has 2 saturated heterocycles. The van der Waals surface area contributed by atoms with Crippen molar-refractivity contribution in [3.63, 3.8) is 0 Å². The van der Waals surface area contributed by atoms with Crippen LogP contribution in [-0.2, 0) is 46.9 Å². The molecule has 0 bridgehead atoms. The number of hydrogen-bond donors (Lipinski definition) is 3. The van der Waals surface area contributed by atoms with Crippen molar-refractivity contribution < 1.29 is 14.3 Å². The lowest BCUT2D eigenvalue weighted by atomic mass is 9.96. The number of hydrogen-bond acceptors (Lipinski definition) is 8. The fourth-order valence-corrected chi connectivity index (χ4v) is 6.95. The van der Waals surface area contributed by atoms with E-state index in [9.17, 15) is 9.59 Å². The molecule has 0 spiro atoms. The maximum absolute atomic E-state index is 13.1. The molecule has 4 aromatic rings. The molecule has 0 unspecified atom stereocenters. The van der Waals surface area contributed by atoms with Crippen LogP contribution in [0.25, 0.3) is 22.2 Å². The first-order chi connectivity index (χ1) is 24.3. The largest absolute Gasteiger partial charge is 0.381 e. The molecule has 2 aliphatic rings. The summed E-state index contributed by atoms with van der Waals surface area (Å²) < 4.78 is 7.48. The van der Waals surface area contributed by atoms with Gasteiger partial charge in [-0.1, -0.05) is 37.3 Å². The summed E-state index contributed by atoms with van der Waals surface area (Å²) in [6.07, 6.45) is 4.13. The van der Waals surface area contributed by atoms with E-state index in [1.807, 2.05) is 16.9 Å². The Morgan fingerprint density at radius 1 is 0.940 bits per heavy atom. The van der Waals surface area contributed by atoms with Crippen LogP contribution in [0, 0.1) is 6.92 Å². The zero-order valence-electron chi connectivity index (χ0n) is 30.1. The average molecular weight is 681 g/mol. The number of nitrogens with one attached hydrogen (secondary N) is 3. The van der Waals surface area contributed by atoms with Gasteiger partial charge in [-0.3, -0.25) is 14.5 Å². The van der Waals surface area contributed by atoms with Crippen LogP contribution in [0.2, 0.25) is 0 Å². The zero-order chi connectivity index (χ0) is 35.0. The van der Waals surface area contributed by atoms with Gasteiger partial charge in [0.2, 0.25) is 11.8 Å². The highest BCUT2D eigenvalue weighted by atomic mass is 16.5. The third-order valence-corrected chi connectivity index (χ3v) is 9.99. The van der Waals surface area contributed by atoms with Crippen LogP contribution < -0.4 is 16.0 Å². The topological polar surface area (TPSA) is 117 Å². The number of nitrogens with zero attached hydrogens (tertiary/aromatic N) is 5. The van der Waals surface area contributed by atoms with E-state index in [0.29, 0.717) is 13.0 Å². The van der Waals surface area contributed by atoms with Gasteiger partial charge in [-0.15, -0.1) is 0 Å². The maximum Gasteiger partial charge on any atom is 0.229 e. The molecule has 0 atom stereocenters. The van der Waals surface area contributed by atoms with E-state index in [1.165, 1.54) is 16.7 Å². The van der Waals surface area contributed by atoms with Crippen LogP contribution in [0.5, 0.6) is 0 Å². The SMILES string of the molecule is CCc1nc2c(cnn2CC)c(NC2CCOCC2)c1CNC(=O)CC(=O)NCc1ccc(C)c(-c2cccc(CN3CCN(C)CC3)c2)c1. The van der Waals surface area contributed by atoms with Gasteiger partial charge in [-0.25, -0.2) is 9.67 Å². The Morgan fingerprint density at radius 3 is 2.44 bits per heavy atom. The molecule has 11 heteroatoms. The number of carbonyl (C=O) groups excluding carboxylic acids is 2. The van der Waals surface area contributed by atoms with E-state index >= 15 is 0 Å². The Labute approximate surface area is 295 Å². The fourth-order valence-electron chi connectivity index (χ4n) is 6.95. The zero-order valence-corrected chi connectivity index (χ0v) is 30.1. The number of pyridine rings is 1. The molecule has 2 amide bonds. The van der Waals surface area contributed by atoms with Crippen LogP contribution in [0.4, 0.5) is 5.69 Å². The van der Waals surface area contributed by atoms with Gasteiger partial charge in [-0.2, -0.15) is 5.10 Å². The van der Waals surface area contributed by atoms with Crippen molar-refractivity contribution in [3.8, 4) is 11.1 Å². The molecule has 6 rings (SSSR count). The fraction of sp³-hybridized carbons (Fsp3) is 0.487. The maximum atomic E-state index is 13.1. The summed E-state index contributed by atoms with van der Waals surface area (Å²) in [5, 5.41) is 15.2. The van der Waals surface area contributed by atoms with Crippen molar-refractivity contribution in [2.24, 2.45) is 0 Å². The molecule has 2 fully saturated rings. The molecule has 3 N–H and O–H groups in total. The molecule has 11 nitrogen and oxygen atoms in total. The van der Waals surface area contributed by atoms with Gasteiger partial charge in [0.05, 0.1) is 17.3 Å². The quantitative estimate of drug-likeness (QED) is 0.175. The second kappa shape index (κ2) is 16.6. The summed E-state index contributed by atoms with van der Waals surface area (Å²) in [6.45, 7) is 14.3. The van der Waals surface area contributed by atoms with Gasteiger partial charge in [0.15, 0.2) is 5.65 Å². The van der Waals surface area contributed by atoms with Crippen molar-refractivity contribution in [1.82, 2.24) is 35.2 Å². The van der Waals surface area contributed by atoms with Crippen molar-refractivity contribution in [1.29, 1.82) is 0 Å². The van der Waals surface area contributed by atoms with Gasteiger partial charge in [0, 0.05) is 82.9 Å². The Balaban J connectivity index is 1.07. The number of ether oxygens (including phenoxy) is 1. The number of rotatable bonds is 13. The smallest absolute Gasteiger partial charge is 0.229 e. The molecular formula is C39H52N8O3. The molecule has 2 aromatic carbocycles. The van der Waals surface area contributed by atoms with E-state index in [1.54, 1.807) is 0 Å². The average Bonchev–Trinajstić information content (AvgIpc) is 3.55. The van der Waals surface area contributed by atoms with Gasteiger partial charge in [0.25, 0.3) is 0 Å². The normalized spacial score (nSPS) is 16.1. The standard InChI is InChI=1S/C39H52N8O3/c1-5-35-33(38(43-31-12-18-50-19-13-31)34-25-42-47(6-2)39(34)44-35)24-41-37(49)22-36(48)40-23-28-11-10-27(3)32(21-28)30-9-7-8-29(20-30)26-46-16-14-45(4)15-17-46/h7-11,20-21,25,31H,5-6,12-19,22-24,26H2,1-4H3,(H,40,48)(H,41,49)(H,43,44). The first kappa shape index (κ1) is 35.5. The van der Waals surface area contributed by atoms with Gasteiger partial charge >= 0.3 is 0 Å². The van der Waals surface area contributed by atoms with E-state index in [2.05, 4.69) is 95.1 Å². The van der Waals surface area contributed by atoms with Crippen LogP contribution in [0.1, 0.15) is 61.1 Å². The van der Waals surface area contributed by atoms with Crippen LogP contribution in [0.15, 0.2) is 48.7 Å². The minimum Gasteiger partial charge on any atom is -0.381 e. The van der Waals surface area contributed by atoms with Crippen LogP contribution >= 0.6 is 0 Å². The highest BCUT2D eigenvalue weighted by Gasteiger charge is 2.22. The van der Waals surface area contributed by atoms with E-state index in [-0.39, 0.29) is 30.8 Å². The molecule has 266 valence electrons. The lowest BCUT2D eigenvalue weighted by Crippen LogP contribution is -2.43. The van der Waals surface area contributed by atoms with Crippen molar-refractivity contribution >= 4 is 28.5 Å². The number of aryl methyl sites for hydroxylation is 3. The van der Waals surface area contributed by atoms with Crippen molar-refractivity contribution in [2.45, 2.75) is 78.7 Å². The molecule has 0 saturated carbocycles. The number of benzene rings is 2. The van der Waals surface area contributed by atoms with Gasteiger partial charge in [-0.05, 0) is 80.1 Å². The van der Waals surface area contributed by atoms with Crippen molar-refractivity contribution in [2.75, 3.05) is 51.8 Å². The number of piperazine rings is 1. The molecule has 50 heavy (non-hydrogen) atoms. The number of amides is 2. The Hall–Kier alpha value is -4.32. The highest BCUT2D eigenvalue weighted by molar-refractivity contribution is 5.97. The lowest BCUT2D eigenvalue weighted by Gasteiger charge is -2.32. The van der Waals surface area contributed by atoms with Gasteiger partial charge in [0.1, 0.15) is 6.42 Å². The van der Waals surface area contributed by atoms with E-state index in [4.69, 9.17) is 9.72 Å². The Bertz CT molecular complexity index is 1790. The molecule has 4 heterocycles. The molecule has 2 aliphatic heterocycles. The highest BCUT2D eigenvalue weighted by Crippen LogP contribution is 2.31. The third-order valence-electron chi connectivity index (χ3n) is 9.99. The minimum absolute atomic E-state index is 0.249. The monoisotopic (exact) mass is 680 g/mol. The predicted molar refractivity (Wildman–Crippen MR) is 198 cm³/mol. The summed E-state index contributed by atoms with van der Waals surface area (Å²) in [4.78, 5) is 35.9. The Kier molecular flexibility index (Phi) is 11.8. The predicted octanol–water partition coefficient (Wildman–Crippen LogP) is 4.65. The number of anilines is 1. The second-order valence-corrected chi connectivity index (χ2v) is 13.7. The number of aromatic nitrogens is 3. The number of carbonyl (C=O) groups is 2. The summed E-state index contributed by atoms with van der Waals surface area (Å²) in [6, 6.07) is 15.3. The van der Waals surface area contributed by atoms with E-state index in [0.717, 1.165) is 104 Å². The minimum atomic E-state index is -0.326.